The van der Waals surface area contributed by atoms with Crippen LogP contribution in [0.2, 0.25) is 0 Å². The van der Waals surface area contributed by atoms with E-state index in [0.29, 0.717) is 19.7 Å². The van der Waals surface area contributed by atoms with Crippen LogP contribution in [0.1, 0.15) is 26.3 Å². The molecule has 4 nitrogen and oxygen atoms in total. The Bertz CT molecular complexity index is 480. The Kier molecular flexibility index (Phi) is 4.00. The Hall–Kier alpha value is -1.68. The minimum Gasteiger partial charge on any atom is -0.340 e. The molecule has 1 aromatic carbocycles. The lowest BCUT2D eigenvalue weighted by molar-refractivity contribution is -0.151. The fourth-order valence-corrected chi connectivity index (χ4v) is 2.22. The third kappa shape index (κ3) is 2.68. The molecule has 1 aliphatic heterocycles. The molecule has 1 heterocycles. The molecule has 0 N–H and O–H groups in total. The van der Waals surface area contributed by atoms with Crippen molar-refractivity contribution in [2.24, 2.45) is 4.99 Å². The van der Waals surface area contributed by atoms with Gasteiger partial charge in [-0.25, -0.2) is 4.99 Å². The maximum atomic E-state index is 12.4. The van der Waals surface area contributed by atoms with E-state index >= 15 is 0 Å². The average Bonchev–Trinajstić information content (AvgIpc) is 2.85. The Balaban J connectivity index is 2.23. The van der Waals surface area contributed by atoms with E-state index in [9.17, 15) is 4.79 Å². The van der Waals surface area contributed by atoms with Crippen molar-refractivity contribution in [1.29, 1.82) is 0 Å². The molecular formula is C15H20N2O2. The van der Waals surface area contributed by atoms with Crippen molar-refractivity contribution in [3.05, 3.63) is 35.9 Å². The SMILES string of the molecule is CCN(CC)C(=O)C1(C)N=C(c2ccccc2)CO1. The van der Waals surface area contributed by atoms with Crippen molar-refractivity contribution in [1.82, 2.24) is 4.90 Å². The normalized spacial score (nSPS) is 22.2. The van der Waals surface area contributed by atoms with Crippen LogP contribution in [0.5, 0.6) is 0 Å². The molecule has 0 saturated heterocycles. The van der Waals surface area contributed by atoms with Gasteiger partial charge in [-0.15, -0.1) is 0 Å². The Morgan fingerprint density at radius 1 is 1.32 bits per heavy atom. The minimum atomic E-state index is -1.07. The number of hydrogen-bond acceptors (Lipinski definition) is 3. The van der Waals surface area contributed by atoms with Gasteiger partial charge < -0.3 is 9.64 Å². The summed E-state index contributed by atoms with van der Waals surface area (Å²) in [5.41, 5.74) is 0.777. The fourth-order valence-electron chi connectivity index (χ4n) is 2.22. The second-order valence-corrected chi connectivity index (χ2v) is 4.67. The van der Waals surface area contributed by atoms with Gasteiger partial charge in [-0.3, -0.25) is 4.79 Å². The molecule has 0 radical (unpaired) electrons. The molecule has 1 aliphatic rings. The van der Waals surface area contributed by atoms with E-state index in [4.69, 9.17) is 4.74 Å². The van der Waals surface area contributed by atoms with Crippen LogP contribution in [-0.4, -0.2) is 41.9 Å². The topological polar surface area (TPSA) is 41.9 Å². The summed E-state index contributed by atoms with van der Waals surface area (Å²) in [6, 6.07) is 9.84. The molecule has 1 amide bonds. The van der Waals surface area contributed by atoms with Gasteiger partial charge in [0.2, 0.25) is 5.72 Å². The number of hydrogen-bond donors (Lipinski definition) is 0. The van der Waals surface area contributed by atoms with Gasteiger partial charge in [-0.1, -0.05) is 30.3 Å². The van der Waals surface area contributed by atoms with Gasteiger partial charge in [0.05, 0.1) is 12.3 Å². The smallest absolute Gasteiger partial charge is 0.277 e. The number of aliphatic imine (C=N–C) groups is 1. The van der Waals surface area contributed by atoms with E-state index in [1.807, 2.05) is 44.2 Å². The van der Waals surface area contributed by atoms with Gasteiger partial charge in [0, 0.05) is 13.1 Å². The van der Waals surface area contributed by atoms with Crippen LogP contribution in [0, 0.1) is 0 Å². The van der Waals surface area contributed by atoms with Crippen molar-refractivity contribution in [2.45, 2.75) is 26.5 Å². The van der Waals surface area contributed by atoms with E-state index in [1.54, 1.807) is 11.8 Å². The summed E-state index contributed by atoms with van der Waals surface area (Å²) < 4.78 is 5.66. The first-order valence-electron chi connectivity index (χ1n) is 6.68. The predicted molar refractivity (Wildman–Crippen MR) is 75.3 cm³/mol. The molecule has 102 valence electrons. The van der Waals surface area contributed by atoms with E-state index < -0.39 is 5.72 Å². The highest BCUT2D eigenvalue weighted by molar-refractivity contribution is 6.05. The van der Waals surface area contributed by atoms with Gasteiger partial charge in [0.15, 0.2) is 0 Å². The first-order valence-corrected chi connectivity index (χ1v) is 6.68. The number of nitrogens with zero attached hydrogens (tertiary/aromatic N) is 2. The average molecular weight is 260 g/mol. The molecule has 1 aromatic rings. The van der Waals surface area contributed by atoms with Crippen LogP contribution in [0.4, 0.5) is 0 Å². The molecule has 4 heteroatoms. The third-order valence-corrected chi connectivity index (χ3v) is 3.39. The molecular weight excluding hydrogens is 240 g/mol. The Labute approximate surface area is 114 Å². The molecule has 0 aromatic heterocycles. The van der Waals surface area contributed by atoms with Crippen LogP contribution in [0.3, 0.4) is 0 Å². The highest BCUT2D eigenvalue weighted by Gasteiger charge is 2.41. The van der Waals surface area contributed by atoms with E-state index in [-0.39, 0.29) is 5.91 Å². The van der Waals surface area contributed by atoms with Gasteiger partial charge in [0.25, 0.3) is 5.91 Å². The number of carbonyl (C=O) groups excluding carboxylic acids is 1. The summed E-state index contributed by atoms with van der Waals surface area (Å²) in [6.45, 7) is 7.38. The molecule has 0 bridgehead atoms. The zero-order chi connectivity index (χ0) is 13.9. The quantitative estimate of drug-likeness (QED) is 0.832. The van der Waals surface area contributed by atoms with Gasteiger partial charge in [0.1, 0.15) is 0 Å². The van der Waals surface area contributed by atoms with Crippen LogP contribution in [0.25, 0.3) is 0 Å². The lowest BCUT2D eigenvalue weighted by Crippen LogP contribution is -2.46. The summed E-state index contributed by atoms with van der Waals surface area (Å²) in [5.74, 6) is -0.0663. The van der Waals surface area contributed by atoms with Gasteiger partial charge in [-0.2, -0.15) is 0 Å². The Morgan fingerprint density at radius 2 is 1.95 bits per heavy atom. The highest BCUT2D eigenvalue weighted by atomic mass is 16.5. The van der Waals surface area contributed by atoms with E-state index in [1.165, 1.54) is 0 Å². The number of ether oxygens (including phenoxy) is 1. The van der Waals surface area contributed by atoms with E-state index in [2.05, 4.69) is 4.99 Å². The number of amides is 1. The molecule has 1 unspecified atom stereocenters. The van der Waals surface area contributed by atoms with Crippen LogP contribution in [-0.2, 0) is 9.53 Å². The molecule has 2 rings (SSSR count). The molecule has 1 atom stereocenters. The molecule has 19 heavy (non-hydrogen) atoms. The monoisotopic (exact) mass is 260 g/mol. The maximum Gasteiger partial charge on any atom is 0.277 e. The summed E-state index contributed by atoms with van der Waals surface area (Å²) in [7, 11) is 0. The van der Waals surface area contributed by atoms with Crippen LogP contribution >= 0.6 is 0 Å². The number of benzene rings is 1. The van der Waals surface area contributed by atoms with Crippen molar-refractivity contribution >= 4 is 11.6 Å². The first kappa shape index (κ1) is 13.7. The Morgan fingerprint density at radius 3 is 2.53 bits per heavy atom. The van der Waals surface area contributed by atoms with Crippen molar-refractivity contribution < 1.29 is 9.53 Å². The highest BCUT2D eigenvalue weighted by Crippen LogP contribution is 2.24. The second kappa shape index (κ2) is 5.53. The standard InChI is InChI=1S/C15H20N2O2/c1-4-17(5-2)14(18)15(3)16-13(11-19-15)12-9-7-6-8-10-12/h6-10H,4-5,11H2,1-3H3. The first-order chi connectivity index (χ1) is 9.10. The predicted octanol–water partition coefficient (Wildman–Crippen LogP) is 2.09. The number of rotatable bonds is 4. The van der Waals surface area contributed by atoms with Crippen molar-refractivity contribution in [2.75, 3.05) is 19.7 Å². The van der Waals surface area contributed by atoms with Crippen LogP contribution in [0.15, 0.2) is 35.3 Å². The molecule has 0 spiro atoms. The van der Waals surface area contributed by atoms with E-state index in [0.717, 1.165) is 11.3 Å². The van der Waals surface area contributed by atoms with Gasteiger partial charge >= 0.3 is 0 Å². The summed E-state index contributed by atoms with van der Waals surface area (Å²) in [6.07, 6.45) is 0. The summed E-state index contributed by atoms with van der Waals surface area (Å²) in [4.78, 5) is 18.7. The van der Waals surface area contributed by atoms with Crippen LogP contribution < -0.4 is 0 Å². The fraction of sp³-hybridized carbons (Fsp3) is 0.467. The summed E-state index contributed by atoms with van der Waals surface area (Å²) >= 11 is 0. The maximum absolute atomic E-state index is 12.4. The van der Waals surface area contributed by atoms with Gasteiger partial charge in [-0.05, 0) is 26.3 Å². The molecule has 0 fully saturated rings. The third-order valence-electron chi connectivity index (χ3n) is 3.39. The summed E-state index contributed by atoms with van der Waals surface area (Å²) in [5, 5.41) is 0. The largest absolute Gasteiger partial charge is 0.340 e. The van der Waals surface area contributed by atoms with Crippen molar-refractivity contribution in [3.63, 3.8) is 0 Å². The number of carbonyl (C=O) groups is 1. The molecule has 0 aliphatic carbocycles. The number of likely N-dealkylation sites (N-methyl/N-ethyl adjacent to an activating group) is 1. The van der Waals surface area contributed by atoms with Crippen molar-refractivity contribution in [3.8, 4) is 0 Å². The molecule has 0 saturated carbocycles. The second-order valence-electron chi connectivity index (χ2n) is 4.67. The zero-order valence-corrected chi connectivity index (χ0v) is 11.7. The lowest BCUT2D eigenvalue weighted by atomic mass is 10.1. The lowest BCUT2D eigenvalue weighted by Gasteiger charge is -2.27. The zero-order valence-electron chi connectivity index (χ0n) is 11.7. The minimum absolute atomic E-state index is 0.0663.